The first-order valence-corrected chi connectivity index (χ1v) is 6.10. The number of benzene rings is 1. The highest BCUT2D eigenvalue weighted by Gasteiger charge is 2.58. The fraction of sp³-hybridized carbons (Fsp3) is 0.417. The van der Waals surface area contributed by atoms with Crippen LogP contribution < -0.4 is 4.90 Å². The molecule has 1 amide bonds. The lowest BCUT2D eigenvalue weighted by molar-refractivity contribution is -0.120. The van der Waals surface area contributed by atoms with E-state index < -0.39 is 0 Å². The molecule has 2 nitrogen and oxygen atoms in total. The number of amides is 1. The summed E-state index contributed by atoms with van der Waals surface area (Å²) in [4.78, 5) is 14.1. The molecule has 1 aromatic rings. The van der Waals surface area contributed by atoms with Crippen LogP contribution in [-0.4, -0.2) is 12.5 Å². The zero-order chi connectivity index (χ0) is 10.6. The number of rotatable bonds is 1. The minimum atomic E-state index is -0.133. The van der Waals surface area contributed by atoms with Gasteiger partial charge in [-0.3, -0.25) is 4.79 Å². The molecule has 1 aliphatic carbocycles. The second-order valence-electron chi connectivity index (χ2n) is 4.29. The Hall–Kier alpha value is -0.830. The first-order chi connectivity index (χ1) is 7.19. The Kier molecular flexibility index (Phi) is 1.78. The second-order valence-corrected chi connectivity index (χ2v) is 5.21. The van der Waals surface area contributed by atoms with Gasteiger partial charge in [0.25, 0.3) is 0 Å². The number of carbonyl (C=O) groups is 1. The molecule has 1 aromatic carbocycles. The molecule has 0 bridgehead atoms. The van der Waals surface area contributed by atoms with Gasteiger partial charge in [0, 0.05) is 16.7 Å². The summed E-state index contributed by atoms with van der Waals surface area (Å²) in [7, 11) is 0. The molecule has 1 saturated carbocycles. The van der Waals surface area contributed by atoms with Crippen molar-refractivity contribution in [2.45, 2.75) is 25.2 Å². The Labute approximate surface area is 97.4 Å². The maximum Gasteiger partial charge on any atom is 0.237 e. The minimum Gasteiger partial charge on any atom is -0.312 e. The van der Waals surface area contributed by atoms with Gasteiger partial charge in [-0.2, -0.15) is 0 Å². The Bertz CT molecular complexity index is 451. The lowest BCUT2D eigenvalue weighted by atomic mass is 9.98. The van der Waals surface area contributed by atoms with Gasteiger partial charge < -0.3 is 4.90 Å². The van der Waals surface area contributed by atoms with Crippen LogP contribution in [0.2, 0.25) is 0 Å². The van der Waals surface area contributed by atoms with Crippen molar-refractivity contribution in [1.82, 2.24) is 0 Å². The predicted octanol–water partition coefficient (Wildman–Crippen LogP) is 2.85. The van der Waals surface area contributed by atoms with E-state index in [1.807, 2.05) is 17.9 Å². The molecule has 2 aliphatic rings. The highest BCUT2D eigenvalue weighted by Crippen LogP contribution is 2.57. The van der Waals surface area contributed by atoms with E-state index in [0.29, 0.717) is 5.91 Å². The summed E-state index contributed by atoms with van der Waals surface area (Å²) in [6.07, 6.45) is 2.05. The summed E-state index contributed by atoms with van der Waals surface area (Å²) >= 11 is 3.46. The van der Waals surface area contributed by atoms with Crippen LogP contribution in [0.15, 0.2) is 22.7 Å². The molecule has 1 spiro atoms. The fourth-order valence-electron chi connectivity index (χ4n) is 2.54. The Morgan fingerprint density at radius 2 is 2.20 bits per heavy atom. The highest BCUT2D eigenvalue weighted by atomic mass is 79.9. The number of hydrogen-bond acceptors (Lipinski definition) is 1. The Morgan fingerprint density at radius 1 is 1.47 bits per heavy atom. The van der Waals surface area contributed by atoms with Gasteiger partial charge in [-0.1, -0.05) is 22.0 Å². The van der Waals surface area contributed by atoms with Gasteiger partial charge in [0.2, 0.25) is 5.91 Å². The van der Waals surface area contributed by atoms with E-state index in [4.69, 9.17) is 0 Å². The quantitative estimate of drug-likeness (QED) is 0.765. The van der Waals surface area contributed by atoms with Gasteiger partial charge in [-0.15, -0.1) is 0 Å². The summed E-state index contributed by atoms with van der Waals surface area (Å²) in [6, 6.07) is 6.19. The third-order valence-electron chi connectivity index (χ3n) is 3.49. The van der Waals surface area contributed by atoms with Crippen molar-refractivity contribution in [1.29, 1.82) is 0 Å². The van der Waals surface area contributed by atoms with Crippen LogP contribution in [0.4, 0.5) is 5.69 Å². The standard InChI is InChI=1S/C12H12BrNO/c1-2-14-10-7-8(13)3-4-9(10)12(5-6-12)11(14)15/h3-4,7H,2,5-6H2,1H3. The zero-order valence-electron chi connectivity index (χ0n) is 8.59. The van der Waals surface area contributed by atoms with Crippen molar-refractivity contribution in [3.63, 3.8) is 0 Å². The summed E-state index contributed by atoms with van der Waals surface area (Å²) < 4.78 is 1.05. The molecule has 1 heterocycles. The molecular formula is C12H12BrNO. The molecule has 0 aromatic heterocycles. The highest BCUT2D eigenvalue weighted by molar-refractivity contribution is 9.10. The monoisotopic (exact) mass is 265 g/mol. The van der Waals surface area contributed by atoms with Crippen molar-refractivity contribution in [2.75, 3.05) is 11.4 Å². The first kappa shape index (κ1) is 9.40. The van der Waals surface area contributed by atoms with E-state index in [-0.39, 0.29) is 5.41 Å². The lowest BCUT2D eigenvalue weighted by Crippen LogP contribution is -2.31. The lowest BCUT2D eigenvalue weighted by Gasteiger charge is -2.14. The van der Waals surface area contributed by atoms with Crippen LogP contribution in [0.1, 0.15) is 25.3 Å². The smallest absolute Gasteiger partial charge is 0.237 e. The summed E-state index contributed by atoms with van der Waals surface area (Å²) in [5, 5.41) is 0. The number of hydrogen-bond donors (Lipinski definition) is 0. The van der Waals surface area contributed by atoms with E-state index in [2.05, 4.69) is 28.1 Å². The number of anilines is 1. The predicted molar refractivity (Wildman–Crippen MR) is 63.1 cm³/mol. The summed E-state index contributed by atoms with van der Waals surface area (Å²) in [5.74, 6) is 0.304. The third-order valence-corrected chi connectivity index (χ3v) is 3.98. The SMILES string of the molecule is CCN1C(=O)C2(CC2)c2ccc(Br)cc21. The number of nitrogens with zero attached hydrogens (tertiary/aromatic N) is 1. The van der Waals surface area contributed by atoms with Crippen LogP contribution in [-0.2, 0) is 10.2 Å². The van der Waals surface area contributed by atoms with E-state index in [1.165, 1.54) is 5.56 Å². The molecular weight excluding hydrogens is 254 g/mol. The van der Waals surface area contributed by atoms with E-state index in [0.717, 1.165) is 29.5 Å². The van der Waals surface area contributed by atoms with Gasteiger partial charge in [-0.05, 0) is 37.5 Å². The van der Waals surface area contributed by atoms with Crippen LogP contribution in [0.25, 0.3) is 0 Å². The van der Waals surface area contributed by atoms with E-state index in [9.17, 15) is 4.79 Å². The molecule has 15 heavy (non-hydrogen) atoms. The van der Waals surface area contributed by atoms with Crippen LogP contribution in [0, 0.1) is 0 Å². The van der Waals surface area contributed by atoms with Crippen molar-refractivity contribution in [3.05, 3.63) is 28.2 Å². The molecule has 0 atom stereocenters. The van der Waals surface area contributed by atoms with Crippen LogP contribution in [0.5, 0.6) is 0 Å². The molecule has 0 unspecified atom stereocenters. The molecule has 0 radical (unpaired) electrons. The van der Waals surface area contributed by atoms with E-state index >= 15 is 0 Å². The minimum absolute atomic E-state index is 0.133. The van der Waals surface area contributed by atoms with Crippen molar-refractivity contribution < 1.29 is 4.79 Å². The molecule has 3 heteroatoms. The van der Waals surface area contributed by atoms with Crippen molar-refractivity contribution >= 4 is 27.5 Å². The fourth-order valence-corrected chi connectivity index (χ4v) is 2.89. The number of carbonyl (C=O) groups excluding carboxylic acids is 1. The van der Waals surface area contributed by atoms with Crippen molar-refractivity contribution in [2.24, 2.45) is 0 Å². The number of fused-ring (bicyclic) bond motifs is 2. The van der Waals surface area contributed by atoms with Gasteiger partial charge >= 0.3 is 0 Å². The normalized spacial score (nSPS) is 20.9. The maximum atomic E-state index is 12.2. The van der Waals surface area contributed by atoms with Gasteiger partial charge in [0.1, 0.15) is 0 Å². The third kappa shape index (κ3) is 1.07. The van der Waals surface area contributed by atoms with Crippen LogP contribution >= 0.6 is 15.9 Å². The largest absolute Gasteiger partial charge is 0.312 e. The zero-order valence-corrected chi connectivity index (χ0v) is 10.2. The van der Waals surface area contributed by atoms with Crippen molar-refractivity contribution in [3.8, 4) is 0 Å². The molecule has 1 aliphatic heterocycles. The van der Waals surface area contributed by atoms with Crippen LogP contribution in [0.3, 0.4) is 0 Å². The maximum absolute atomic E-state index is 12.2. The second kappa shape index (κ2) is 2.85. The van der Waals surface area contributed by atoms with E-state index in [1.54, 1.807) is 0 Å². The summed E-state index contributed by atoms with van der Waals surface area (Å²) in [5.41, 5.74) is 2.21. The first-order valence-electron chi connectivity index (χ1n) is 5.31. The number of likely N-dealkylation sites (N-methyl/N-ethyl adjacent to an activating group) is 1. The molecule has 78 valence electrons. The molecule has 3 rings (SSSR count). The Balaban J connectivity index is 2.21. The average molecular weight is 266 g/mol. The average Bonchev–Trinajstić information content (AvgIpc) is 2.96. The molecule has 0 N–H and O–H groups in total. The molecule has 1 fully saturated rings. The Morgan fingerprint density at radius 3 is 2.80 bits per heavy atom. The summed E-state index contributed by atoms with van der Waals surface area (Å²) in [6.45, 7) is 2.80. The topological polar surface area (TPSA) is 20.3 Å². The number of halogens is 1. The van der Waals surface area contributed by atoms with Gasteiger partial charge in [-0.25, -0.2) is 0 Å². The van der Waals surface area contributed by atoms with Gasteiger partial charge in [0.15, 0.2) is 0 Å². The van der Waals surface area contributed by atoms with Gasteiger partial charge in [0.05, 0.1) is 5.41 Å². The molecule has 0 saturated heterocycles.